The van der Waals surface area contributed by atoms with Crippen molar-refractivity contribution in [3.8, 4) is 6.07 Å². The van der Waals surface area contributed by atoms with E-state index in [4.69, 9.17) is 10.00 Å². The molecule has 2 aromatic rings. The summed E-state index contributed by atoms with van der Waals surface area (Å²) in [7, 11) is 0. The number of rotatable bonds is 3. The monoisotopic (exact) mass is 369 g/mol. The van der Waals surface area contributed by atoms with Crippen LogP contribution in [0, 0.1) is 18.3 Å². The van der Waals surface area contributed by atoms with Crippen molar-refractivity contribution in [3.63, 3.8) is 0 Å². The van der Waals surface area contributed by atoms with Gasteiger partial charge in [-0.1, -0.05) is 76.2 Å². The third-order valence-electron chi connectivity index (χ3n) is 3.93. The van der Waals surface area contributed by atoms with Gasteiger partial charge in [-0.25, -0.2) is 0 Å². The lowest BCUT2D eigenvalue weighted by Gasteiger charge is -2.16. The summed E-state index contributed by atoms with van der Waals surface area (Å²) in [6, 6.07) is 17.4. The highest BCUT2D eigenvalue weighted by Gasteiger charge is 2.15. The number of ether oxygens (including phenoxy) is 1. The molecule has 0 radical (unpaired) electrons. The van der Waals surface area contributed by atoms with Gasteiger partial charge in [-0.3, -0.25) is 0 Å². The molecule has 0 saturated carbocycles. The summed E-state index contributed by atoms with van der Waals surface area (Å²) in [4.78, 5) is 0. The highest BCUT2D eigenvalue weighted by Crippen LogP contribution is 2.27. The Labute approximate surface area is 165 Å². The van der Waals surface area contributed by atoms with Crippen LogP contribution in [0.4, 0.5) is 0 Å². The van der Waals surface area contributed by atoms with Crippen LogP contribution >= 0.6 is 0 Å². The van der Waals surface area contributed by atoms with Gasteiger partial charge in [-0.05, 0) is 42.0 Å². The van der Waals surface area contributed by atoms with E-state index >= 15 is 0 Å². The molecule has 1 unspecified atom stereocenters. The van der Waals surface area contributed by atoms with Gasteiger partial charge in [-0.2, -0.15) is 5.26 Å². The van der Waals surface area contributed by atoms with E-state index in [1.165, 1.54) is 12.8 Å². The molecule has 1 aliphatic rings. The Bertz CT molecular complexity index is 650. The maximum absolute atomic E-state index is 10.5. The van der Waals surface area contributed by atoms with E-state index in [2.05, 4.69) is 6.07 Å². The third kappa shape index (κ3) is 8.86. The number of hydrogen-bond acceptors (Lipinski definition) is 3. The maximum Gasteiger partial charge on any atom is 0.105 e. The van der Waals surface area contributed by atoms with Gasteiger partial charge in [0.1, 0.15) is 6.10 Å². The number of aliphatic hydroxyl groups is 1. The van der Waals surface area contributed by atoms with Gasteiger partial charge in [0.05, 0.1) is 12.5 Å². The van der Waals surface area contributed by atoms with Crippen molar-refractivity contribution in [2.24, 2.45) is 0 Å². The second-order valence-corrected chi connectivity index (χ2v) is 5.61. The Morgan fingerprint density at radius 3 is 1.93 bits per heavy atom. The number of aryl methyl sites for hydroxylation is 1. The van der Waals surface area contributed by atoms with Crippen LogP contribution in [-0.4, -0.2) is 18.3 Å². The van der Waals surface area contributed by atoms with E-state index in [1.807, 2.05) is 83.1 Å². The van der Waals surface area contributed by atoms with Gasteiger partial charge >= 0.3 is 0 Å². The Morgan fingerprint density at radius 1 is 0.926 bits per heavy atom. The summed E-state index contributed by atoms with van der Waals surface area (Å²) in [6.07, 6.45) is 2.20. The van der Waals surface area contributed by atoms with Crippen molar-refractivity contribution in [1.82, 2.24) is 0 Å². The molecule has 1 heterocycles. The Hall–Kier alpha value is -2.15. The topological polar surface area (TPSA) is 53.2 Å². The first kappa shape index (κ1) is 24.8. The predicted octanol–water partition coefficient (Wildman–Crippen LogP) is 5.99. The van der Waals surface area contributed by atoms with Crippen molar-refractivity contribution in [3.05, 3.63) is 70.8 Å². The average Bonchev–Trinajstić information content (AvgIpc) is 3.32. The first-order valence-electron chi connectivity index (χ1n) is 10.00. The summed E-state index contributed by atoms with van der Waals surface area (Å²) in [6.45, 7) is 12.0. The van der Waals surface area contributed by atoms with Gasteiger partial charge in [0.25, 0.3) is 0 Å². The first-order chi connectivity index (χ1) is 13.2. The number of aliphatic hydroxyl groups excluding tert-OH is 1. The van der Waals surface area contributed by atoms with Gasteiger partial charge in [0, 0.05) is 13.2 Å². The van der Waals surface area contributed by atoms with Crippen LogP contribution < -0.4 is 0 Å². The highest BCUT2D eigenvalue weighted by atomic mass is 16.5. The molecule has 148 valence electrons. The largest absolute Gasteiger partial charge is 0.384 e. The van der Waals surface area contributed by atoms with Gasteiger partial charge in [-0.15, -0.1) is 0 Å². The molecule has 0 amide bonds. The van der Waals surface area contributed by atoms with Crippen LogP contribution in [0.15, 0.2) is 48.5 Å². The van der Waals surface area contributed by atoms with Crippen molar-refractivity contribution in [1.29, 1.82) is 5.26 Å². The van der Waals surface area contributed by atoms with Crippen LogP contribution in [-0.2, 0) is 11.2 Å². The quantitative estimate of drug-likeness (QED) is 0.723. The van der Waals surface area contributed by atoms with E-state index in [0.717, 1.165) is 35.5 Å². The van der Waals surface area contributed by atoms with E-state index in [-0.39, 0.29) is 0 Å². The zero-order valence-corrected chi connectivity index (χ0v) is 17.5. The van der Waals surface area contributed by atoms with E-state index in [9.17, 15) is 5.11 Å². The molecule has 1 aliphatic heterocycles. The molecule has 1 N–H and O–H groups in total. The highest BCUT2D eigenvalue weighted by molar-refractivity contribution is 5.39. The van der Waals surface area contributed by atoms with Crippen molar-refractivity contribution < 1.29 is 9.84 Å². The molecule has 2 aromatic carbocycles. The molecule has 0 spiro atoms. The minimum absolute atomic E-state index is 0.319. The van der Waals surface area contributed by atoms with Crippen LogP contribution in [0.5, 0.6) is 0 Å². The van der Waals surface area contributed by atoms with E-state index < -0.39 is 6.10 Å². The average molecular weight is 370 g/mol. The second kappa shape index (κ2) is 16.1. The standard InChI is InChI=1S/C16H15NO.C4H8O.2C2H6/c1-12-6-2-4-8-14(12)16(18)15-9-5-3-7-13(15)10-11-17;1-2-4-5-3-1;2*1-2/h2-9,16,18H,10H2,1H3;1-4H2;2*1-2H3. The van der Waals surface area contributed by atoms with Crippen LogP contribution in [0.25, 0.3) is 0 Å². The summed E-state index contributed by atoms with van der Waals surface area (Å²) < 4.78 is 4.94. The fourth-order valence-electron chi connectivity index (χ4n) is 2.62. The second-order valence-electron chi connectivity index (χ2n) is 5.61. The summed E-state index contributed by atoms with van der Waals surface area (Å²) in [5, 5.41) is 19.3. The predicted molar refractivity (Wildman–Crippen MR) is 114 cm³/mol. The van der Waals surface area contributed by atoms with Crippen molar-refractivity contribution in [2.45, 2.75) is 60.0 Å². The smallest absolute Gasteiger partial charge is 0.105 e. The number of nitriles is 1. The molecular formula is C24H35NO2. The van der Waals surface area contributed by atoms with Gasteiger partial charge < -0.3 is 9.84 Å². The molecule has 3 rings (SSSR count). The first-order valence-corrected chi connectivity index (χ1v) is 10.00. The van der Waals surface area contributed by atoms with Gasteiger partial charge in [0.15, 0.2) is 0 Å². The third-order valence-corrected chi connectivity index (χ3v) is 3.93. The molecule has 0 bridgehead atoms. The molecule has 27 heavy (non-hydrogen) atoms. The summed E-state index contributed by atoms with van der Waals surface area (Å²) in [5.41, 5.74) is 3.64. The molecule has 3 heteroatoms. The lowest BCUT2D eigenvalue weighted by Crippen LogP contribution is -2.05. The number of benzene rings is 2. The molecule has 1 saturated heterocycles. The Balaban J connectivity index is 0.000000629. The fraction of sp³-hybridized carbons (Fsp3) is 0.458. The number of nitrogens with zero attached hydrogens (tertiary/aromatic N) is 1. The van der Waals surface area contributed by atoms with Crippen molar-refractivity contribution >= 4 is 0 Å². The molecular weight excluding hydrogens is 334 g/mol. The van der Waals surface area contributed by atoms with E-state index in [1.54, 1.807) is 0 Å². The Kier molecular flexibility index (Phi) is 14.8. The molecule has 0 aliphatic carbocycles. The van der Waals surface area contributed by atoms with Crippen LogP contribution in [0.2, 0.25) is 0 Å². The van der Waals surface area contributed by atoms with Gasteiger partial charge in [0.2, 0.25) is 0 Å². The molecule has 0 aromatic heterocycles. The molecule has 1 atom stereocenters. The molecule has 3 nitrogen and oxygen atoms in total. The Morgan fingerprint density at radius 2 is 1.44 bits per heavy atom. The summed E-state index contributed by atoms with van der Waals surface area (Å²) >= 11 is 0. The maximum atomic E-state index is 10.5. The zero-order chi connectivity index (χ0) is 20.5. The lowest BCUT2D eigenvalue weighted by atomic mass is 9.93. The van der Waals surface area contributed by atoms with Crippen LogP contribution in [0.3, 0.4) is 0 Å². The van der Waals surface area contributed by atoms with Crippen LogP contribution in [0.1, 0.15) is 68.9 Å². The SMILES string of the molecule is C1CCOC1.CC.CC.Cc1ccccc1C(O)c1ccccc1CC#N. The molecule has 1 fully saturated rings. The lowest BCUT2D eigenvalue weighted by molar-refractivity contribution is 0.198. The zero-order valence-electron chi connectivity index (χ0n) is 17.5. The number of hydrogen-bond donors (Lipinski definition) is 1. The van der Waals surface area contributed by atoms with E-state index in [0.29, 0.717) is 6.42 Å². The van der Waals surface area contributed by atoms with Crippen molar-refractivity contribution in [2.75, 3.05) is 13.2 Å². The minimum Gasteiger partial charge on any atom is -0.384 e. The summed E-state index contributed by atoms with van der Waals surface area (Å²) in [5.74, 6) is 0. The fourth-order valence-corrected chi connectivity index (χ4v) is 2.62. The normalized spacial score (nSPS) is 12.8. The minimum atomic E-state index is -0.671.